The lowest BCUT2D eigenvalue weighted by Gasteiger charge is -2.29. The van der Waals surface area contributed by atoms with Crippen LogP contribution in [0.5, 0.6) is 0 Å². The zero-order valence-corrected chi connectivity index (χ0v) is 18.9. The Morgan fingerprint density at radius 1 is 1.21 bits per heavy atom. The van der Waals surface area contributed by atoms with Crippen LogP contribution in [0.2, 0.25) is 0 Å². The molecule has 8 nitrogen and oxygen atoms in total. The first-order valence-electron chi connectivity index (χ1n) is 11.2. The van der Waals surface area contributed by atoms with Crippen molar-refractivity contribution < 1.29 is 14.1 Å². The summed E-state index contributed by atoms with van der Waals surface area (Å²) in [5, 5.41) is 2.80. The van der Waals surface area contributed by atoms with E-state index in [0.29, 0.717) is 22.4 Å². The average molecular weight is 454 g/mol. The quantitative estimate of drug-likeness (QED) is 0.555. The van der Waals surface area contributed by atoms with Gasteiger partial charge in [0.15, 0.2) is 5.70 Å². The number of aliphatic imine (C=N–C) groups is 2. The van der Waals surface area contributed by atoms with Crippen molar-refractivity contribution in [3.8, 4) is 0 Å². The van der Waals surface area contributed by atoms with Crippen LogP contribution in [-0.4, -0.2) is 57.9 Å². The number of nitrogens with zero attached hydrogens (tertiary/aromatic N) is 5. The first-order chi connectivity index (χ1) is 16.5. The number of amidine groups is 1. The van der Waals surface area contributed by atoms with E-state index in [9.17, 15) is 9.59 Å². The Morgan fingerprint density at radius 2 is 2.03 bits per heavy atom. The molecule has 3 aliphatic rings. The number of rotatable bonds is 5. The summed E-state index contributed by atoms with van der Waals surface area (Å²) in [6.45, 7) is 4.34. The number of amides is 2. The summed E-state index contributed by atoms with van der Waals surface area (Å²) in [4.78, 5) is 40.4. The van der Waals surface area contributed by atoms with Gasteiger partial charge in [0.05, 0.1) is 31.1 Å². The maximum absolute atomic E-state index is 12.6. The molecule has 8 heteroatoms. The lowest BCUT2D eigenvalue weighted by atomic mass is 10.1. The number of pyridine rings is 1. The fourth-order valence-corrected chi connectivity index (χ4v) is 4.66. The van der Waals surface area contributed by atoms with Gasteiger partial charge in [-0.2, -0.15) is 4.99 Å². The van der Waals surface area contributed by atoms with Crippen LogP contribution in [0.25, 0.3) is 0 Å². The molecule has 1 aromatic carbocycles. The number of carbonyl (C=O) groups excluding carboxylic acids is 2. The summed E-state index contributed by atoms with van der Waals surface area (Å²) in [5.74, 6) is 1.01. The maximum Gasteiger partial charge on any atom is 0.256 e. The highest BCUT2D eigenvalue weighted by Gasteiger charge is 2.46. The monoisotopic (exact) mass is 453 g/mol. The van der Waals surface area contributed by atoms with Gasteiger partial charge in [0.25, 0.3) is 5.91 Å². The molecule has 0 spiro atoms. The number of hydrogen-bond donors (Lipinski definition) is 1. The summed E-state index contributed by atoms with van der Waals surface area (Å²) in [7, 11) is 2.05. The molecule has 2 unspecified atom stereocenters. The van der Waals surface area contributed by atoms with Crippen LogP contribution in [0.15, 0.2) is 95.1 Å². The lowest BCUT2D eigenvalue weighted by Crippen LogP contribution is -2.43. The molecule has 0 radical (unpaired) electrons. The second-order valence-electron chi connectivity index (χ2n) is 8.50. The number of quaternary nitrogens is 1. The number of carbonyl (C=O) groups is 2. The molecule has 34 heavy (non-hydrogen) atoms. The molecule has 3 aliphatic heterocycles. The molecule has 170 valence electrons. The van der Waals surface area contributed by atoms with E-state index >= 15 is 0 Å². The Bertz CT molecular complexity index is 1280. The Morgan fingerprint density at radius 3 is 2.76 bits per heavy atom. The van der Waals surface area contributed by atoms with Crippen LogP contribution in [0.3, 0.4) is 0 Å². The Balaban J connectivity index is 1.45. The van der Waals surface area contributed by atoms with Crippen LogP contribution in [0.4, 0.5) is 5.82 Å². The van der Waals surface area contributed by atoms with E-state index in [1.807, 2.05) is 35.5 Å². The predicted octanol–water partition coefficient (Wildman–Crippen LogP) is 3.48. The van der Waals surface area contributed by atoms with Crippen LogP contribution in [0, 0.1) is 0 Å². The molecule has 1 fully saturated rings. The lowest BCUT2D eigenvalue weighted by molar-refractivity contribution is -0.713. The highest BCUT2D eigenvalue weighted by molar-refractivity contribution is 6.05. The van der Waals surface area contributed by atoms with E-state index in [2.05, 4.69) is 28.9 Å². The molecule has 1 N–H and O–H groups in total. The highest BCUT2D eigenvalue weighted by Crippen LogP contribution is 2.38. The third kappa shape index (κ3) is 3.68. The Labute approximate surface area is 197 Å². The second kappa shape index (κ2) is 8.64. The van der Waals surface area contributed by atoms with Crippen LogP contribution in [0.1, 0.15) is 28.8 Å². The van der Waals surface area contributed by atoms with Crippen molar-refractivity contribution in [3.05, 3.63) is 96.2 Å². The molecular weight excluding hydrogens is 428 g/mol. The van der Waals surface area contributed by atoms with Crippen LogP contribution in [-0.2, 0) is 4.79 Å². The first-order valence-corrected chi connectivity index (χ1v) is 11.2. The molecule has 2 amide bonds. The molecular formula is C26H25N6O2+. The van der Waals surface area contributed by atoms with E-state index in [1.54, 1.807) is 36.7 Å². The van der Waals surface area contributed by atoms with Crippen molar-refractivity contribution in [3.63, 3.8) is 0 Å². The molecule has 2 atom stereocenters. The fourth-order valence-electron chi connectivity index (χ4n) is 4.66. The zero-order valence-electron chi connectivity index (χ0n) is 18.9. The third-order valence-electron chi connectivity index (χ3n) is 6.41. The van der Waals surface area contributed by atoms with E-state index in [1.165, 1.54) is 6.08 Å². The minimum absolute atomic E-state index is 0.0833. The summed E-state index contributed by atoms with van der Waals surface area (Å²) in [5.41, 5.74) is 3.22. The predicted molar refractivity (Wildman–Crippen MR) is 131 cm³/mol. The maximum atomic E-state index is 12.6. The molecule has 0 aliphatic carbocycles. The van der Waals surface area contributed by atoms with Crippen molar-refractivity contribution >= 4 is 29.7 Å². The third-order valence-corrected chi connectivity index (χ3v) is 6.41. The van der Waals surface area contributed by atoms with Crippen molar-refractivity contribution in [2.75, 3.05) is 18.9 Å². The summed E-state index contributed by atoms with van der Waals surface area (Å²) in [6.07, 6.45) is 10.3. The second-order valence-corrected chi connectivity index (χ2v) is 8.50. The number of hydrogen-bond acceptors (Lipinski definition) is 5. The van der Waals surface area contributed by atoms with Gasteiger partial charge in [0, 0.05) is 18.3 Å². The summed E-state index contributed by atoms with van der Waals surface area (Å²) < 4.78 is 0.352. The molecule has 1 saturated heterocycles. The molecule has 0 bridgehead atoms. The molecule has 0 saturated carbocycles. The van der Waals surface area contributed by atoms with Crippen molar-refractivity contribution in [2.24, 2.45) is 9.98 Å². The zero-order chi connectivity index (χ0) is 23.7. The molecule has 4 heterocycles. The van der Waals surface area contributed by atoms with Gasteiger partial charge in [-0.25, -0.2) is 9.47 Å². The minimum atomic E-state index is -0.229. The number of aromatic nitrogens is 1. The standard InChI is InChI=1S/C26H24N6O2/c1-3-23(33)31-15-6-7-20(31)24-21-17-27-14-16-32(21,2)25(30-24)18-9-11-19(12-10-18)26(34)29-22-8-4-5-13-28-22/h3-5,8-14,16-17,20H,1,6-7,15H2,2H3/p+1. The number of anilines is 1. The first kappa shape index (κ1) is 21.7. The van der Waals surface area contributed by atoms with Crippen LogP contribution < -0.4 is 5.32 Å². The van der Waals surface area contributed by atoms with E-state index in [0.717, 1.165) is 35.6 Å². The van der Waals surface area contributed by atoms with E-state index in [4.69, 9.17) is 4.99 Å². The van der Waals surface area contributed by atoms with Gasteiger partial charge in [-0.3, -0.25) is 14.6 Å². The van der Waals surface area contributed by atoms with Gasteiger partial charge in [-0.15, -0.1) is 0 Å². The number of nitrogens with one attached hydrogen (secondary N) is 1. The SMILES string of the molecule is C=CC(=O)N1CCCC1C1=C2C=NC=C[N+]2(C)C(c2ccc(C(=O)Nc3ccccn3)cc2)=N1. The number of fused-ring (bicyclic) bond motifs is 1. The van der Waals surface area contributed by atoms with E-state index < -0.39 is 0 Å². The van der Waals surface area contributed by atoms with Gasteiger partial charge in [-0.1, -0.05) is 12.6 Å². The van der Waals surface area contributed by atoms with Crippen molar-refractivity contribution in [2.45, 2.75) is 18.9 Å². The van der Waals surface area contributed by atoms with Gasteiger partial charge < -0.3 is 10.2 Å². The molecule has 2 aromatic rings. The Hall–Kier alpha value is -4.17. The summed E-state index contributed by atoms with van der Waals surface area (Å²) >= 11 is 0. The van der Waals surface area contributed by atoms with E-state index in [-0.39, 0.29) is 17.9 Å². The van der Waals surface area contributed by atoms with Crippen LogP contribution >= 0.6 is 0 Å². The largest absolute Gasteiger partial charge is 0.330 e. The van der Waals surface area contributed by atoms with Gasteiger partial charge in [0.2, 0.25) is 11.7 Å². The van der Waals surface area contributed by atoms with Gasteiger partial charge in [0.1, 0.15) is 17.7 Å². The summed E-state index contributed by atoms with van der Waals surface area (Å²) in [6, 6.07) is 12.6. The fraction of sp³-hybridized carbons (Fsp3) is 0.192. The van der Waals surface area contributed by atoms with Crippen molar-refractivity contribution in [1.82, 2.24) is 9.88 Å². The number of benzene rings is 1. The van der Waals surface area contributed by atoms with Gasteiger partial charge >= 0.3 is 0 Å². The number of allylic oxidation sites excluding steroid dienone is 1. The topological polar surface area (TPSA) is 87.0 Å². The average Bonchev–Trinajstić information content (AvgIpc) is 3.46. The molecule has 1 aromatic heterocycles. The highest BCUT2D eigenvalue weighted by atomic mass is 16.2. The molecule has 5 rings (SSSR count). The number of likely N-dealkylation sites (tertiary alicyclic amines) is 1. The van der Waals surface area contributed by atoms with Crippen molar-refractivity contribution in [1.29, 1.82) is 0 Å². The smallest absolute Gasteiger partial charge is 0.256 e. The Kier molecular flexibility index (Phi) is 5.51. The van der Waals surface area contributed by atoms with Gasteiger partial charge in [-0.05, 0) is 55.3 Å². The minimum Gasteiger partial charge on any atom is -0.330 e. The normalized spacial score (nSPS) is 23.0.